The van der Waals surface area contributed by atoms with Gasteiger partial charge in [-0.25, -0.2) is 4.68 Å². The Labute approximate surface area is 123 Å². The van der Waals surface area contributed by atoms with Gasteiger partial charge >= 0.3 is 0 Å². The molecule has 2 N–H and O–H groups in total. The fourth-order valence-corrected chi connectivity index (χ4v) is 3.12. The minimum absolute atomic E-state index is 0.684. The number of nitrogen functional groups attached to an aromatic ring is 1. The van der Waals surface area contributed by atoms with E-state index in [9.17, 15) is 0 Å². The summed E-state index contributed by atoms with van der Waals surface area (Å²) in [4.78, 5) is 0. The number of hydrogen-bond acceptors (Lipinski definition) is 3. The number of aromatic nitrogens is 2. The number of anilines is 1. The first-order chi connectivity index (χ1) is 9.16. The average molecular weight is 334 g/mol. The van der Waals surface area contributed by atoms with E-state index in [-0.39, 0.29) is 0 Å². The van der Waals surface area contributed by atoms with Crippen molar-refractivity contribution in [2.45, 2.75) is 6.92 Å². The smallest absolute Gasteiger partial charge is 0.130 e. The Kier molecular flexibility index (Phi) is 3.16. The summed E-state index contributed by atoms with van der Waals surface area (Å²) in [5.74, 6) is 0.684. The van der Waals surface area contributed by atoms with Crippen LogP contribution in [0.3, 0.4) is 0 Å². The van der Waals surface area contributed by atoms with Crippen LogP contribution in [0.2, 0.25) is 0 Å². The summed E-state index contributed by atoms with van der Waals surface area (Å²) in [6.45, 7) is 2.00. The summed E-state index contributed by atoms with van der Waals surface area (Å²) in [5, 5.41) is 6.72. The van der Waals surface area contributed by atoms with Crippen molar-refractivity contribution in [2.75, 3.05) is 5.73 Å². The number of benzene rings is 1. The number of nitrogens with two attached hydrogens (primary N) is 1. The Bertz CT molecular complexity index is 716. The number of thiophene rings is 1. The highest BCUT2D eigenvalue weighted by atomic mass is 79.9. The molecule has 0 aliphatic heterocycles. The summed E-state index contributed by atoms with van der Waals surface area (Å²) >= 11 is 5.12. The zero-order valence-corrected chi connectivity index (χ0v) is 12.7. The van der Waals surface area contributed by atoms with Crippen molar-refractivity contribution in [2.24, 2.45) is 0 Å². The summed E-state index contributed by atoms with van der Waals surface area (Å²) in [5.41, 5.74) is 10.2. The molecule has 3 rings (SSSR count). The van der Waals surface area contributed by atoms with E-state index in [1.165, 1.54) is 0 Å². The van der Waals surface area contributed by atoms with Crippen molar-refractivity contribution in [3.63, 3.8) is 0 Å². The van der Waals surface area contributed by atoms with Crippen molar-refractivity contribution in [3.8, 4) is 16.9 Å². The van der Waals surface area contributed by atoms with Gasteiger partial charge in [0.2, 0.25) is 0 Å². The zero-order valence-electron chi connectivity index (χ0n) is 10.3. The molecular weight excluding hydrogens is 322 g/mol. The van der Waals surface area contributed by atoms with E-state index in [1.54, 1.807) is 16.0 Å². The lowest BCUT2D eigenvalue weighted by molar-refractivity contribution is 0.895. The molecule has 0 unspecified atom stereocenters. The van der Waals surface area contributed by atoms with Gasteiger partial charge in [-0.2, -0.15) is 5.10 Å². The molecule has 0 spiro atoms. The van der Waals surface area contributed by atoms with Crippen LogP contribution in [0.5, 0.6) is 0 Å². The van der Waals surface area contributed by atoms with E-state index in [2.05, 4.69) is 32.5 Å². The summed E-state index contributed by atoms with van der Waals surface area (Å²) in [7, 11) is 0. The molecule has 96 valence electrons. The number of halogens is 1. The number of para-hydroxylation sites is 1. The van der Waals surface area contributed by atoms with Crippen LogP contribution in [0.1, 0.15) is 5.56 Å². The SMILES string of the molecule is Cc1c(-c2csc(Br)c2)nn(-c2ccccc2)c1N. The minimum atomic E-state index is 0.684. The predicted octanol–water partition coefficient (Wildman–Crippen LogP) is 4.25. The molecule has 3 aromatic rings. The maximum atomic E-state index is 6.17. The van der Waals surface area contributed by atoms with Gasteiger partial charge in [-0.15, -0.1) is 11.3 Å². The van der Waals surface area contributed by atoms with Crippen LogP contribution in [0.4, 0.5) is 5.82 Å². The van der Waals surface area contributed by atoms with Gasteiger partial charge in [-0.3, -0.25) is 0 Å². The van der Waals surface area contributed by atoms with Crippen LogP contribution >= 0.6 is 27.3 Å². The van der Waals surface area contributed by atoms with E-state index < -0.39 is 0 Å². The van der Waals surface area contributed by atoms with Crippen LogP contribution in [0, 0.1) is 6.92 Å². The van der Waals surface area contributed by atoms with Crippen molar-refractivity contribution in [1.82, 2.24) is 9.78 Å². The van der Waals surface area contributed by atoms with E-state index in [1.807, 2.05) is 37.3 Å². The van der Waals surface area contributed by atoms with Gasteiger partial charge in [0.1, 0.15) is 5.82 Å². The van der Waals surface area contributed by atoms with Crippen molar-refractivity contribution >= 4 is 33.1 Å². The second-order valence-corrected chi connectivity index (χ2v) is 6.54. The quantitative estimate of drug-likeness (QED) is 0.761. The number of hydrogen-bond donors (Lipinski definition) is 1. The lowest BCUT2D eigenvalue weighted by Gasteiger charge is -2.02. The highest BCUT2D eigenvalue weighted by Crippen LogP contribution is 2.33. The second-order valence-electron chi connectivity index (χ2n) is 4.25. The first-order valence-electron chi connectivity index (χ1n) is 5.82. The van der Waals surface area contributed by atoms with Crippen LogP contribution in [-0.2, 0) is 0 Å². The fraction of sp³-hybridized carbons (Fsp3) is 0.0714. The Morgan fingerprint density at radius 2 is 2.00 bits per heavy atom. The second kappa shape index (κ2) is 4.83. The Morgan fingerprint density at radius 3 is 2.63 bits per heavy atom. The Morgan fingerprint density at radius 1 is 1.26 bits per heavy atom. The van der Waals surface area contributed by atoms with Crippen LogP contribution in [0.15, 0.2) is 45.6 Å². The maximum Gasteiger partial charge on any atom is 0.130 e. The third kappa shape index (κ3) is 2.19. The summed E-state index contributed by atoms with van der Waals surface area (Å²) < 4.78 is 2.88. The molecule has 0 radical (unpaired) electrons. The van der Waals surface area contributed by atoms with Crippen molar-refractivity contribution in [1.29, 1.82) is 0 Å². The molecule has 0 atom stereocenters. The van der Waals surface area contributed by atoms with Crippen LogP contribution in [-0.4, -0.2) is 9.78 Å². The van der Waals surface area contributed by atoms with Crippen LogP contribution in [0.25, 0.3) is 16.9 Å². The molecule has 19 heavy (non-hydrogen) atoms. The Hall–Kier alpha value is -1.59. The molecule has 0 amide bonds. The Balaban J connectivity index is 2.15. The minimum Gasteiger partial charge on any atom is -0.383 e. The largest absolute Gasteiger partial charge is 0.383 e. The molecule has 0 saturated carbocycles. The average Bonchev–Trinajstić information content (AvgIpc) is 2.97. The molecule has 0 saturated heterocycles. The first kappa shape index (κ1) is 12.4. The fourth-order valence-electron chi connectivity index (χ4n) is 1.98. The van der Waals surface area contributed by atoms with Gasteiger partial charge in [0, 0.05) is 16.5 Å². The lowest BCUT2D eigenvalue weighted by Crippen LogP contribution is -2.01. The highest BCUT2D eigenvalue weighted by Gasteiger charge is 2.15. The number of rotatable bonds is 2. The predicted molar refractivity (Wildman–Crippen MR) is 83.7 cm³/mol. The molecule has 0 bridgehead atoms. The third-order valence-electron chi connectivity index (χ3n) is 3.01. The van der Waals surface area contributed by atoms with E-state index in [4.69, 9.17) is 5.73 Å². The van der Waals surface area contributed by atoms with E-state index in [0.717, 1.165) is 26.3 Å². The monoisotopic (exact) mass is 333 g/mol. The number of nitrogens with zero attached hydrogens (tertiary/aromatic N) is 2. The third-order valence-corrected chi connectivity index (χ3v) is 4.51. The molecule has 0 aliphatic rings. The maximum absolute atomic E-state index is 6.17. The summed E-state index contributed by atoms with van der Waals surface area (Å²) in [6, 6.07) is 12.0. The van der Waals surface area contributed by atoms with Crippen molar-refractivity contribution in [3.05, 3.63) is 51.1 Å². The molecular formula is C14H12BrN3S. The normalized spacial score (nSPS) is 10.8. The molecule has 2 aromatic heterocycles. The molecule has 1 aromatic carbocycles. The first-order valence-corrected chi connectivity index (χ1v) is 7.49. The van der Waals surface area contributed by atoms with Crippen LogP contribution < -0.4 is 5.73 Å². The molecule has 0 aliphatic carbocycles. The lowest BCUT2D eigenvalue weighted by atomic mass is 10.1. The zero-order chi connectivity index (χ0) is 13.4. The van der Waals surface area contributed by atoms with Gasteiger partial charge in [0.25, 0.3) is 0 Å². The van der Waals surface area contributed by atoms with Gasteiger partial charge < -0.3 is 5.73 Å². The topological polar surface area (TPSA) is 43.8 Å². The van der Waals surface area contributed by atoms with Gasteiger partial charge in [0.15, 0.2) is 0 Å². The van der Waals surface area contributed by atoms with E-state index >= 15 is 0 Å². The standard InChI is InChI=1S/C14H12BrN3S/c1-9-13(10-7-12(15)19-8-10)17-18(14(9)16)11-5-3-2-4-6-11/h2-8H,16H2,1H3. The molecule has 0 fully saturated rings. The van der Waals surface area contributed by atoms with E-state index in [0.29, 0.717) is 5.82 Å². The van der Waals surface area contributed by atoms with Gasteiger partial charge in [0.05, 0.1) is 15.2 Å². The molecule has 5 heteroatoms. The summed E-state index contributed by atoms with van der Waals surface area (Å²) in [6.07, 6.45) is 0. The highest BCUT2D eigenvalue weighted by molar-refractivity contribution is 9.11. The van der Waals surface area contributed by atoms with Gasteiger partial charge in [-0.1, -0.05) is 18.2 Å². The van der Waals surface area contributed by atoms with Crippen molar-refractivity contribution < 1.29 is 0 Å². The van der Waals surface area contributed by atoms with Gasteiger partial charge in [-0.05, 0) is 41.1 Å². The molecule has 3 nitrogen and oxygen atoms in total. The molecule has 2 heterocycles.